The SMILES string of the molecule is O=[N+]([O-])c1ccc(N2CCCC2CCc2ccccc2)c2ccncc12. The lowest BCUT2D eigenvalue weighted by Crippen LogP contribution is -2.29. The maximum atomic E-state index is 11.3. The van der Waals surface area contributed by atoms with Gasteiger partial charge in [0.05, 0.1) is 10.3 Å². The first-order valence-electron chi connectivity index (χ1n) is 9.06. The summed E-state index contributed by atoms with van der Waals surface area (Å²) in [5, 5.41) is 12.9. The predicted octanol–water partition coefficient (Wildman–Crippen LogP) is 4.74. The van der Waals surface area contributed by atoms with Crippen molar-refractivity contribution in [3.8, 4) is 0 Å². The number of benzene rings is 2. The first-order chi connectivity index (χ1) is 12.7. The van der Waals surface area contributed by atoms with E-state index < -0.39 is 0 Å². The Balaban J connectivity index is 1.64. The first kappa shape index (κ1) is 16.5. The molecule has 1 aliphatic rings. The summed E-state index contributed by atoms with van der Waals surface area (Å²) in [5.41, 5.74) is 2.57. The van der Waals surface area contributed by atoms with Crippen LogP contribution >= 0.6 is 0 Å². The number of hydrogen-bond acceptors (Lipinski definition) is 4. The number of anilines is 1. The molecule has 0 N–H and O–H groups in total. The second-order valence-electron chi connectivity index (χ2n) is 6.80. The molecular weight excluding hydrogens is 326 g/mol. The van der Waals surface area contributed by atoms with E-state index in [2.05, 4.69) is 34.1 Å². The van der Waals surface area contributed by atoms with Gasteiger partial charge in [-0.15, -0.1) is 0 Å². The molecule has 0 aliphatic carbocycles. The molecule has 0 bridgehead atoms. The molecule has 3 aromatic rings. The van der Waals surface area contributed by atoms with Crippen molar-refractivity contribution in [1.82, 2.24) is 4.98 Å². The molecule has 132 valence electrons. The van der Waals surface area contributed by atoms with Gasteiger partial charge in [-0.3, -0.25) is 15.1 Å². The molecule has 2 heterocycles. The fraction of sp³-hybridized carbons (Fsp3) is 0.286. The van der Waals surface area contributed by atoms with E-state index in [1.165, 1.54) is 5.56 Å². The average Bonchev–Trinajstić information content (AvgIpc) is 3.14. The zero-order valence-electron chi connectivity index (χ0n) is 14.5. The molecule has 5 heteroatoms. The fourth-order valence-corrected chi connectivity index (χ4v) is 4.00. The minimum absolute atomic E-state index is 0.122. The number of nitrogens with zero attached hydrogens (tertiary/aromatic N) is 3. The van der Waals surface area contributed by atoms with Gasteiger partial charge < -0.3 is 4.90 Å². The maximum absolute atomic E-state index is 11.3. The fourth-order valence-electron chi connectivity index (χ4n) is 4.00. The van der Waals surface area contributed by atoms with Gasteiger partial charge in [0.2, 0.25) is 0 Å². The van der Waals surface area contributed by atoms with Crippen LogP contribution in [0.2, 0.25) is 0 Å². The number of hydrogen-bond donors (Lipinski definition) is 0. The Bertz CT molecular complexity index is 927. The van der Waals surface area contributed by atoms with Crippen molar-refractivity contribution in [3.05, 3.63) is 76.6 Å². The summed E-state index contributed by atoms with van der Waals surface area (Å²) in [5.74, 6) is 0. The minimum atomic E-state index is -0.329. The monoisotopic (exact) mass is 347 g/mol. The van der Waals surface area contributed by atoms with Crippen LogP contribution in [0.25, 0.3) is 10.8 Å². The molecule has 0 saturated carbocycles. The van der Waals surface area contributed by atoms with E-state index in [1.54, 1.807) is 18.5 Å². The third kappa shape index (κ3) is 3.12. The molecule has 1 saturated heterocycles. The summed E-state index contributed by atoms with van der Waals surface area (Å²) in [7, 11) is 0. The highest BCUT2D eigenvalue weighted by Gasteiger charge is 2.27. The number of nitro benzene ring substituents is 1. The molecular formula is C21H21N3O2. The Kier molecular flexibility index (Phi) is 4.52. The molecule has 1 atom stereocenters. The van der Waals surface area contributed by atoms with Crippen LogP contribution in [0.3, 0.4) is 0 Å². The van der Waals surface area contributed by atoms with Crippen LogP contribution in [-0.2, 0) is 6.42 Å². The number of non-ortho nitro benzene ring substituents is 1. The summed E-state index contributed by atoms with van der Waals surface area (Å²) in [6.45, 7) is 0.995. The standard InChI is InChI=1S/C21H21N3O2/c25-24(26)21-11-10-20(18-12-13-22-15-19(18)21)23-14-4-7-17(23)9-8-16-5-2-1-3-6-16/h1-3,5-6,10-13,15,17H,4,7-9,14H2. The van der Waals surface area contributed by atoms with Gasteiger partial charge in [0.1, 0.15) is 0 Å². The second-order valence-corrected chi connectivity index (χ2v) is 6.80. The summed E-state index contributed by atoms with van der Waals surface area (Å²) < 4.78 is 0. The second kappa shape index (κ2) is 7.12. The number of aryl methyl sites for hydroxylation is 1. The van der Waals surface area contributed by atoms with Gasteiger partial charge in [-0.25, -0.2) is 0 Å². The number of aromatic nitrogens is 1. The van der Waals surface area contributed by atoms with Gasteiger partial charge in [-0.1, -0.05) is 30.3 Å². The molecule has 1 fully saturated rings. The van der Waals surface area contributed by atoms with Crippen molar-refractivity contribution in [3.63, 3.8) is 0 Å². The van der Waals surface area contributed by atoms with Crippen LogP contribution in [0.5, 0.6) is 0 Å². The number of pyridine rings is 1. The highest BCUT2D eigenvalue weighted by Crippen LogP contribution is 2.37. The van der Waals surface area contributed by atoms with Crippen molar-refractivity contribution in [2.75, 3.05) is 11.4 Å². The van der Waals surface area contributed by atoms with Gasteiger partial charge in [0.25, 0.3) is 5.69 Å². The summed E-state index contributed by atoms with van der Waals surface area (Å²) in [4.78, 5) is 17.5. The molecule has 0 amide bonds. The van der Waals surface area contributed by atoms with Gasteiger partial charge in [-0.2, -0.15) is 0 Å². The van der Waals surface area contributed by atoms with Crippen molar-refractivity contribution in [2.24, 2.45) is 0 Å². The number of fused-ring (bicyclic) bond motifs is 1. The van der Waals surface area contributed by atoms with Crippen LogP contribution in [0.4, 0.5) is 11.4 Å². The smallest absolute Gasteiger partial charge is 0.278 e. The molecule has 26 heavy (non-hydrogen) atoms. The van der Waals surface area contributed by atoms with Crippen LogP contribution in [-0.4, -0.2) is 22.5 Å². The van der Waals surface area contributed by atoms with E-state index >= 15 is 0 Å². The molecule has 0 spiro atoms. The Labute approximate surface area is 152 Å². The van der Waals surface area contributed by atoms with Gasteiger partial charge in [-0.05, 0) is 43.4 Å². The van der Waals surface area contributed by atoms with E-state index in [9.17, 15) is 10.1 Å². The zero-order valence-corrected chi connectivity index (χ0v) is 14.5. The molecule has 5 nitrogen and oxygen atoms in total. The third-order valence-electron chi connectivity index (χ3n) is 5.26. The van der Waals surface area contributed by atoms with Gasteiger partial charge >= 0.3 is 0 Å². The summed E-state index contributed by atoms with van der Waals surface area (Å²) >= 11 is 0. The summed E-state index contributed by atoms with van der Waals surface area (Å²) in [6, 6.07) is 16.4. The molecule has 1 aromatic heterocycles. The molecule has 1 unspecified atom stereocenters. The maximum Gasteiger partial charge on any atom is 0.278 e. The van der Waals surface area contributed by atoms with E-state index in [4.69, 9.17) is 0 Å². The molecule has 0 radical (unpaired) electrons. The van der Waals surface area contributed by atoms with Gasteiger partial charge in [0.15, 0.2) is 0 Å². The average molecular weight is 347 g/mol. The normalized spacial score (nSPS) is 16.9. The Morgan fingerprint density at radius 3 is 2.77 bits per heavy atom. The Morgan fingerprint density at radius 1 is 1.12 bits per heavy atom. The minimum Gasteiger partial charge on any atom is -0.368 e. The quantitative estimate of drug-likeness (QED) is 0.494. The summed E-state index contributed by atoms with van der Waals surface area (Å²) in [6.07, 6.45) is 7.78. The lowest BCUT2D eigenvalue weighted by molar-refractivity contribution is -0.383. The van der Waals surface area contributed by atoms with Crippen molar-refractivity contribution < 1.29 is 4.92 Å². The lowest BCUT2D eigenvalue weighted by Gasteiger charge is -2.28. The third-order valence-corrected chi connectivity index (χ3v) is 5.26. The van der Waals surface area contributed by atoms with E-state index in [0.717, 1.165) is 43.3 Å². The van der Waals surface area contributed by atoms with Crippen LogP contribution in [0.15, 0.2) is 60.9 Å². The van der Waals surface area contributed by atoms with Crippen LogP contribution in [0.1, 0.15) is 24.8 Å². The predicted molar refractivity (Wildman–Crippen MR) is 104 cm³/mol. The van der Waals surface area contributed by atoms with Crippen molar-refractivity contribution in [2.45, 2.75) is 31.7 Å². The topological polar surface area (TPSA) is 59.3 Å². The van der Waals surface area contributed by atoms with Gasteiger partial charge in [0, 0.05) is 42.1 Å². The largest absolute Gasteiger partial charge is 0.368 e. The Morgan fingerprint density at radius 2 is 1.96 bits per heavy atom. The number of nitro groups is 1. The zero-order chi connectivity index (χ0) is 17.9. The first-order valence-corrected chi connectivity index (χ1v) is 9.06. The molecule has 4 rings (SSSR count). The molecule has 2 aromatic carbocycles. The van der Waals surface area contributed by atoms with Crippen LogP contribution in [0, 0.1) is 10.1 Å². The van der Waals surface area contributed by atoms with E-state index in [1.807, 2.05) is 18.2 Å². The number of rotatable bonds is 5. The van der Waals surface area contributed by atoms with Crippen LogP contribution < -0.4 is 4.90 Å². The Hall–Kier alpha value is -2.95. The molecule has 1 aliphatic heterocycles. The van der Waals surface area contributed by atoms with Crippen molar-refractivity contribution in [1.29, 1.82) is 0 Å². The highest BCUT2D eigenvalue weighted by atomic mass is 16.6. The van der Waals surface area contributed by atoms with E-state index in [0.29, 0.717) is 11.4 Å². The lowest BCUT2D eigenvalue weighted by atomic mass is 10.0. The van der Waals surface area contributed by atoms with Crippen molar-refractivity contribution >= 4 is 22.1 Å². The van der Waals surface area contributed by atoms with E-state index in [-0.39, 0.29) is 10.6 Å². The highest BCUT2D eigenvalue weighted by molar-refractivity contribution is 5.99.